The van der Waals surface area contributed by atoms with E-state index in [0.29, 0.717) is 17.4 Å². The minimum Gasteiger partial charge on any atom is -0.443 e. The topological polar surface area (TPSA) is 70.0 Å². The van der Waals surface area contributed by atoms with Crippen molar-refractivity contribution in [1.82, 2.24) is 4.90 Å². The Labute approximate surface area is 109 Å². The molecule has 0 radical (unpaired) electrons. The van der Waals surface area contributed by atoms with Gasteiger partial charge in [0.1, 0.15) is 5.60 Å². The number of aliphatic hydroxyl groups excluding tert-OH is 2. The fourth-order valence-corrected chi connectivity index (χ4v) is 1.76. The van der Waals surface area contributed by atoms with Gasteiger partial charge in [0.25, 0.3) is 0 Å². The molecule has 0 bridgehead atoms. The quantitative estimate of drug-likeness (QED) is 0.587. The highest BCUT2D eigenvalue weighted by molar-refractivity contribution is 14.1. The van der Waals surface area contributed by atoms with E-state index in [2.05, 4.69) is 22.6 Å². The summed E-state index contributed by atoms with van der Waals surface area (Å²) in [5.41, 5.74) is -0.523. The van der Waals surface area contributed by atoms with E-state index in [9.17, 15) is 9.90 Å². The number of halogens is 1. The summed E-state index contributed by atoms with van der Waals surface area (Å²) in [7, 11) is 0. The molecule has 1 fully saturated rings. The van der Waals surface area contributed by atoms with E-state index in [1.54, 1.807) is 0 Å². The lowest BCUT2D eigenvalue weighted by molar-refractivity contribution is 0.00983. The van der Waals surface area contributed by atoms with Crippen molar-refractivity contribution < 1.29 is 19.7 Å². The molecule has 0 aromatic rings. The van der Waals surface area contributed by atoms with Crippen molar-refractivity contribution in [3.63, 3.8) is 0 Å². The van der Waals surface area contributed by atoms with Crippen molar-refractivity contribution >= 4 is 28.7 Å². The Bertz CT molecular complexity index is 259. The van der Waals surface area contributed by atoms with Crippen molar-refractivity contribution in [2.45, 2.75) is 38.0 Å². The molecule has 0 aromatic carbocycles. The van der Waals surface area contributed by atoms with Gasteiger partial charge in [0.05, 0.1) is 18.8 Å². The SMILES string of the molecule is CC(C)(CI)OC(=O)N1CC[C@H](O)[C@@H]1CO. The molecule has 1 amide bonds. The maximum absolute atomic E-state index is 11.8. The lowest BCUT2D eigenvalue weighted by Crippen LogP contribution is -2.45. The Morgan fingerprint density at radius 3 is 2.75 bits per heavy atom. The second-order valence-corrected chi connectivity index (χ2v) is 5.32. The summed E-state index contributed by atoms with van der Waals surface area (Å²) in [5, 5.41) is 18.7. The molecule has 6 heteroatoms. The zero-order valence-electron chi connectivity index (χ0n) is 9.52. The van der Waals surface area contributed by atoms with Crippen LogP contribution in [0.3, 0.4) is 0 Å². The molecule has 1 aliphatic heterocycles. The van der Waals surface area contributed by atoms with Gasteiger partial charge in [0, 0.05) is 11.0 Å². The van der Waals surface area contributed by atoms with Crippen LogP contribution in [0.15, 0.2) is 0 Å². The third kappa shape index (κ3) is 3.21. The number of likely N-dealkylation sites (tertiary alicyclic amines) is 1. The third-order valence-electron chi connectivity index (χ3n) is 2.62. The van der Waals surface area contributed by atoms with Gasteiger partial charge in [-0.15, -0.1) is 0 Å². The lowest BCUT2D eigenvalue weighted by atomic mass is 10.2. The third-order valence-corrected chi connectivity index (χ3v) is 4.45. The Balaban J connectivity index is 2.61. The molecule has 1 rings (SSSR count). The van der Waals surface area contributed by atoms with Crippen LogP contribution in [0.25, 0.3) is 0 Å². The molecule has 0 saturated carbocycles. The lowest BCUT2D eigenvalue weighted by Gasteiger charge is -2.29. The van der Waals surface area contributed by atoms with Crippen molar-refractivity contribution in [2.75, 3.05) is 17.6 Å². The Morgan fingerprint density at radius 1 is 1.62 bits per heavy atom. The molecular weight excluding hydrogens is 325 g/mol. The fourth-order valence-electron chi connectivity index (χ4n) is 1.61. The number of hydrogen-bond donors (Lipinski definition) is 2. The van der Waals surface area contributed by atoms with Crippen LogP contribution in [0.5, 0.6) is 0 Å². The van der Waals surface area contributed by atoms with Crippen molar-refractivity contribution in [1.29, 1.82) is 0 Å². The summed E-state index contributed by atoms with van der Waals surface area (Å²) in [5.74, 6) is 0. The maximum Gasteiger partial charge on any atom is 0.410 e. The molecule has 16 heavy (non-hydrogen) atoms. The normalized spacial score (nSPS) is 25.9. The maximum atomic E-state index is 11.8. The molecule has 2 atom stereocenters. The average molecular weight is 343 g/mol. The molecule has 94 valence electrons. The van der Waals surface area contributed by atoms with E-state index in [4.69, 9.17) is 9.84 Å². The standard InChI is InChI=1S/C10H18INO4/c1-10(2,6-11)16-9(15)12-4-3-8(14)7(12)5-13/h7-8,13-14H,3-6H2,1-2H3/t7-,8-/m0/s1. The summed E-state index contributed by atoms with van der Waals surface area (Å²) in [6, 6.07) is -0.530. The van der Waals surface area contributed by atoms with Crippen LogP contribution in [-0.2, 0) is 4.74 Å². The second-order valence-electron chi connectivity index (χ2n) is 4.56. The molecule has 1 saturated heterocycles. The van der Waals surface area contributed by atoms with E-state index >= 15 is 0 Å². The minimum atomic E-state index is -0.653. The second kappa shape index (κ2) is 5.50. The molecule has 0 aliphatic carbocycles. The average Bonchev–Trinajstić information content (AvgIpc) is 2.59. The first-order valence-corrected chi connectivity index (χ1v) is 6.78. The first kappa shape index (κ1) is 14.0. The molecule has 1 heterocycles. The highest BCUT2D eigenvalue weighted by atomic mass is 127. The zero-order valence-corrected chi connectivity index (χ0v) is 11.7. The first-order valence-electron chi connectivity index (χ1n) is 5.26. The largest absolute Gasteiger partial charge is 0.443 e. The molecule has 1 aliphatic rings. The summed E-state index contributed by atoms with van der Waals surface area (Å²) in [6.07, 6.45) is -0.622. The Morgan fingerprint density at radius 2 is 2.25 bits per heavy atom. The van der Waals surface area contributed by atoms with Gasteiger partial charge in [-0.3, -0.25) is 0 Å². The van der Waals surface area contributed by atoms with Crippen LogP contribution < -0.4 is 0 Å². The van der Waals surface area contributed by atoms with Gasteiger partial charge in [0.2, 0.25) is 0 Å². The number of carbonyl (C=O) groups is 1. The van der Waals surface area contributed by atoms with Crippen LogP contribution in [0.4, 0.5) is 4.79 Å². The van der Waals surface area contributed by atoms with E-state index in [1.165, 1.54) is 4.90 Å². The predicted molar refractivity (Wildman–Crippen MR) is 67.7 cm³/mol. The summed E-state index contributed by atoms with van der Waals surface area (Å²) >= 11 is 2.15. The number of amides is 1. The van der Waals surface area contributed by atoms with Crippen LogP contribution >= 0.6 is 22.6 Å². The predicted octanol–water partition coefficient (Wildman–Crippen LogP) is 0.764. The molecule has 0 aromatic heterocycles. The fraction of sp³-hybridized carbons (Fsp3) is 0.900. The van der Waals surface area contributed by atoms with Crippen LogP contribution in [0, 0.1) is 0 Å². The Kier molecular flexibility index (Phi) is 4.81. The number of nitrogens with zero attached hydrogens (tertiary/aromatic N) is 1. The molecule has 5 nitrogen and oxygen atoms in total. The number of ether oxygens (including phenoxy) is 1. The smallest absolute Gasteiger partial charge is 0.410 e. The number of alkyl halides is 1. The van der Waals surface area contributed by atoms with Gasteiger partial charge in [-0.2, -0.15) is 0 Å². The van der Waals surface area contributed by atoms with Gasteiger partial charge >= 0.3 is 6.09 Å². The molecule has 2 N–H and O–H groups in total. The van der Waals surface area contributed by atoms with Gasteiger partial charge in [0.15, 0.2) is 0 Å². The van der Waals surface area contributed by atoms with Crippen LogP contribution in [0.2, 0.25) is 0 Å². The Hall–Kier alpha value is -0.0800. The molecule has 0 unspecified atom stereocenters. The van der Waals surface area contributed by atoms with Crippen LogP contribution in [0.1, 0.15) is 20.3 Å². The van der Waals surface area contributed by atoms with E-state index in [-0.39, 0.29) is 6.61 Å². The van der Waals surface area contributed by atoms with Gasteiger partial charge in [-0.25, -0.2) is 4.79 Å². The van der Waals surface area contributed by atoms with Gasteiger partial charge in [-0.05, 0) is 20.3 Å². The van der Waals surface area contributed by atoms with Crippen molar-refractivity contribution in [3.8, 4) is 0 Å². The van der Waals surface area contributed by atoms with E-state index < -0.39 is 23.8 Å². The number of carbonyl (C=O) groups excluding carboxylic acids is 1. The monoisotopic (exact) mass is 343 g/mol. The van der Waals surface area contributed by atoms with E-state index in [1.807, 2.05) is 13.8 Å². The number of rotatable bonds is 3. The first-order chi connectivity index (χ1) is 7.41. The van der Waals surface area contributed by atoms with Gasteiger partial charge in [-0.1, -0.05) is 22.6 Å². The summed E-state index contributed by atoms with van der Waals surface area (Å²) in [4.78, 5) is 13.2. The van der Waals surface area contributed by atoms with Crippen LogP contribution in [-0.4, -0.2) is 56.5 Å². The molecular formula is C10H18INO4. The zero-order chi connectivity index (χ0) is 12.3. The molecule has 0 spiro atoms. The highest BCUT2D eigenvalue weighted by Gasteiger charge is 2.38. The highest BCUT2D eigenvalue weighted by Crippen LogP contribution is 2.21. The summed E-state index contributed by atoms with van der Waals surface area (Å²) in [6.45, 7) is 3.86. The number of aliphatic hydroxyl groups is 2. The minimum absolute atomic E-state index is 0.235. The number of hydrogen-bond acceptors (Lipinski definition) is 4. The van der Waals surface area contributed by atoms with E-state index in [0.717, 1.165) is 0 Å². The van der Waals surface area contributed by atoms with Crippen molar-refractivity contribution in [3.05, 3.63) is 0 Å². The van der Waals surface area contributed by atoms with Crippen molar-refractivity contribution in [2.24, 2.45) is 0 Å². The van der Waals surface area contributed by atoms with Gasteiger partial charge < -0.3 is 19.8 Å². The summed E-state index contributed by atoms with van der Waals surface area (Å²) < 4.78 is 6.00.